The highest BCUT2D eigenvalue weighted by molar-refractivity contribution is 7.89. The van der Waals surface area contributed by atoms with Crippen LogP contribution in [-0.4, -0.2) is 41.5 Å². The molecule has 3 N–H and O–H groups in total. The molecular formula is C38H38ClF5N2O5S. The summed E-state index contributed by atoms with van der Waals surface area (Å²) in [6.07, 6.45) is 2.41. The van der Waals surface area contributed by atoms with Gasteiger partial charge in [-0.25, -0.2) is 35.2 Å². The zero-order valence-corrected chi connectivity index (χ0v) is 30.2. The van der Waals surface area contributed by atoms with Gasteiger partial charge in [-0.05, 0) is 90.0 Å². The first kappa shape index (κ1) is 39.0. The molecule has 0 heterocycles. The van der Waals surface area contributed by atoms with Gasteiger partial charge in [-0.1, -0.05) is 62.7 Å². The maximum absolute atomic E-state index is 15.2. The summed E-state index contributed by atoms with van der Waals surface area (Å²) in [5.74, 6) is -13.7. The third kappa shape index (κ3) is 8.70. The molecular weight excluding hydrogens is 727 g/mol. The van der Waals surface area contributed by atoms with Crippen molar-refractivity contribution in [3.8, 4) is 5.75 Å². The van der Waals surface area contributed by atoms with Crippen LogP contribution in [0.25, 0.3) is 0 Å². The van der Waals surface area contributed by atoms with E-state index >= 15 is 8.78 Å². The predicted molar refractivity (Wildman–Crippen MR) is 188 cm³/mol. The lowest BCUT2D eigenvalue weighted by Crippen LogP contribution is -2.42. The largest absolute Gasteiger partial charge is 0.507 e. The Hall–Kier alpha value is -4.20. The monoisotopic (exact) mass is 764 g/mol. The number of carboxylic acid groups (broad SMARTS) is 1. The lowest BCUT2D eigenvalue weighted by atomic mass is 9.83. The van der Waals surface area contributed by atoms with Gasteiger partial charge in [0.25, 0.3) is 0 Å². The van der Waals surface area contributed by atoms with Crippen LogP contribution in [0.4, 0.5) is 27.6 Å². The smallest absolute Gasteiger partial charge is 0.339 e. The molecule has 0 radical (unpaired) electrons. The van der Waals surface area contributed by atoms with Crippen molar-refractivity contribution < 1.29 is 45.4 Å². The highest BCUT2D eigenvalue weighted by Crippen LogP contribution is 2.42. The van der Waals surface area contributed by atoms with Crippen molar-refractivity contribution in [2.75, 3.05) is 11.9 Å². The number of nitrogens with one attached hydrogen (secondary N) is 1. The number of halogens is 6. The Morgan fingerprint density at radius 3 is 2.06 bits per heavy atom. The Morgan fingerprint density at radius 1 is 0.885 bits per heavy atom. The SMILES string of the molecule is CC(C)(C)c1cc(CC[C@H](CCNc2ccc(C(=O)O)c(O)c2)N(Cc2ccc(Cl)cc2)S(=O)(=O)c2c(F)c(F)c(F)c(F)c2F)cc(C2CC2)c1. The summed E-state index contributed by atoms with van der Waals surface area (Å²) in [6, 6.07) is 14.8. The Kier molecular flexibility index (Phi) is 11.6. The van der Waals surface area contributed by atoms with E-state index in [1.165, 1.54) is 42.5 Å². The number of sulfonamides is 1. The van der Waals surface area contributed by atoms with Gasteiger partial charge in [0.05, 0.1) is 0 Å². The van der Waals surface area contributed by atoms with Crippen molar-refractivity contribution in [1.82, 2.24) is 4.31 Å². The van der Waals surface area contributed by atoms with Crippen molar-refractivity contribution >= 4 is 33.3 Å². The minimum atomic E-state index is -5.43. The van der Waals surface area contributed by atoms with Crippen molar-refractivity contribution in [2.24, 2.45) is 0 Å². The Balaban J connectivity index is 1.57. The number of aromatic hydroxyl groups is 1. The number of benzene rings is 4. The first-order valence-corrected chi connectivity index (χ1v) is 18.4. The van der Waals surface area contributed by atoms with E-state index < -0.39 is 68.3 Å². The number of hydrogen-bond donors (Lipinski definition) is 3. The lowest BCUT2D eigenvalue weighted by molar-refractivity contribution is 0.0693. The summed E-state index contributed by atoms with van der Waals surface area (Å²) in [5, 5.41) is 22.7. The highest BCUT2D eigenvalue weighted by atomic mass is 35.5. The molecule has 1 atom stereocenters. The van der Waals surface area contributed by atoms with Crippen LogP contribution in [0.1, 0.15) is 85.0 Å². The zero-order valence-electron chi connectivity index (χ0n) is 28.6. The van der Waals surface area contributed by atoms with E-state index in [1.807, 2.05) is 6.07 Å². The van der Waals surface area contributed by atoms with E-state index in [1.54, 1.807) is 0 Å². The van der Waals surface area contributed by atoms with E-state index in [0.717, 1.165) is 33.8 Å². The topological polar surface area (TPSA) is 107 Å². The molecule has 1 aliphatic carbocycles. The van der Waals surface area contributed by atoms with Crippen molar-refractivity contribution in [3.63, 3.8) is 0 Å². The fourth-order valence-corrected chi connectivity index (χ4v) is 7.94. The van der Waals surface area contributed by atoms with Crippen LogP contribution in [0.3, 0.4) is 0 Å². The number of phenols is 1. The number of anilines is 1. The fourth-order valence-electron chi connectivity index (χ4n) is 6.03. The molecule has 4 aromatic rings. The second-order valence-corrected chi connectivity index (χ2v) is 16.3. The fraction of sp³-hybridized carbons (Fsp3) is 0.342. The second kappa shape index (κ2) is 15.4. The Labute approximate surface area is 304 Å². The van der Waals surface area contributed by atoms with Gasteiger partial charge in [-0.2, -0.15) is 4.31 Å². The van der Waals surface area contributed by atoms with Crippen LogP contribution in [0.5, 0.6) is 5.75 Å². The number of nitrogens with zero attached hydrogens (tertiary/aromatic N) is 1. The summed E-state index contributed by atoms with van der Waals surface area (Å²) in [4.78, 5) is 9.39. The molecule has 52 heavy (non-hydrogen) atoms. The number of aromatic carboxylic acids is 1. The van der Waals surface area contributed by atoms with E-state index in [0.29, 0.717) is 28.6 Å². The molecule has 1 fully saturated rings. The lowest BCUT2D eigenvalue weighted by Gasteiger charge is -2.32. The highest BCUT2D eigenvalue weighted by Gasteiger charge is 2.40. The number of rotatable bonds is 14. The molecule has 1 saturated carbocycles. The molecule has 0 aromatic heterocycles. The van der Waals surface area contributed by atoms with Crippen LogP contribution in [0, 0.1) is 29.1 Å². The quantitative estimate of drug-likeness (QED) is 0.0672. The molecule has 5 rings (SSSR count). The summed E-state index contributed by atoms with van der Waals surface area (Å²) in [5.41, 5.74) is 3.19. The average Bonchev–Trinajstić information content (AvgIpc) is 3.93. The van der Waals surface area contributed by atoms with Crippen LogP contribution in [0.2, 0.25) is 5.02 Å². The third-order valence-corrected chi connectivity index (χ3v) is 11.3. The molecule has 0 amide bonds. The van der Waals surface area contributed by atoms with Crippen LogP contribution >= 0.6 is 11.6 Å². The molecule has 4 aromatic carbocycles. The Bertz CT molecular complexity index is 2060. The average molecular weight is 765 g/mol. The summed E-state index contributed by atoms with van der Waals surface area (Å²) in [7, 11) is -5.43. The van der Waals surface area contributed by atoms with Gasteiger partial charge in [0.2, 0.25) is 15.8 Å². The van der Waals surface area contributed by atoms with Crippen molar-refractivity contribution in [2.45, 2.75) is 81.7 Å². The standard InChI is InChI=1S/C38H38ClF5N2O5S/c1-38(2,3)25-17-22(16-24(18-25)23-7-8-23)6-12-28(14-15-45-27-11-13-29(37(48)49)30(47)19-27)46(20-21-4-9-26(39)10-5-21)52(50,51)36-34(43)32(41)31(40)33(42)35(36)44/h4-5,9-11,13,16-19,23,28,45,47H,6-8,12,14-15,20H2,1-3H3,(H,48,49)/t28-/m1/s1. The maximum atomic E-state index is 15.2. The first-order chi connectivity index (χ1) is 24.4. The van der Waals surface area contributed by atoms with Gasteiger partial charge in [0, 0.05) is 35.9 Å². The van der Waals surface area contributed by atoms with Gasteiger partial charge in [-0.3, -0.25) is 0 Å². The number of carboxylic acids is 1. The van der Waals surface area contributed by atoms with Crippen LogP contribution in [-0.2, 0) is 28.4 Å². The van der Waals surface area contributed by atoms with Gasteiger partial charge in [-0.15, -0.1) is 0 Å². The maximum Gasteiger partial charge on any atom is 0.339 e. The minimum absolute atomic E-state index is 0.00434. The minimum Gasteiger partial charge on any atom is -0.507 e. The Morgan fingerprint density at radius 2 is 1.50 bits per heavy atom. The molecule has 0 saturated heterocycles. The molecule has 0 unspecified atom stereocenters. The summed E-state index contributed by atoms with van der Waals surface area (Å²) >= 11 is 6.05. The molecule has 7 nitrogen and oxygen atoms in total. The molecule has 0 spiro atoms. The summed E-state index contributed by atoms with van der Waals surface area (Å²) < 4.78 is 103. The number of carbonyl (C=O) groups is 1. The predicted octanol–water partition coefficient (Wildman–Crippen LogP) is 9.31. The second-order valence-electron chi connectivity index (χ2n) is 14.0. The van der Waals surface area contributed by atoms with Gasteiger partial charge >= 0.3 is 5.97 Å². The van der Waals surface area contributed by atoms with E-state index in [2.05, 4.69) is 38.2 Å². The van der Waals surface area contributed by atoms with Gasteiger partial charge in [0.15, 0.2) is 28.2 Å². The zero-order chi connectivity index (χ0) is 38.1. The molecule has 0 bridgehead atoms. The first-order valence-electron chi connectivity index (χ1n) is 16.6. The molecule has 278 valence electrons. The molecule has 1 aliphatic rings. The van der Waals surface area contributed by atoms with Crippen LogP contribution < -0.4 is 5.32 Å². The normalized spacial score (nSPS) is 14.1. The summed E-state index contributed by atoms with van der Waals surface area (Å²) in [6.45, 7) is 5.70. The molecule has 0 aliphatic heterocycles. The van der Waals surface area contributed by atoms with Crippen molar-refractivity contribution in [3.05, 3.63) is 123 Å². The number of aryl methyl sites for hydroxylation is 1. The van der Waals surface area contributed by atoms with Gasteiger partial charge < -0.3 is 15.5 Å². The third-order valence-electron chi connectivity index (χ3n) is 9.13. The van der Waals surface area contributed by atoms with Crippen molar-refractivity contribution in [1.29, 1.82) is 0 Å². The van der Waals surface area contributed by atoms with Crippen LogP contribution in [0.15, 0.2) is 65.6 Å². The van der Waals surface area contributed by atoms with E-state index in [-0.39, 0.29) is 30.4 Å². The molecule has 14 heteroatoms. The van der Waals surface area contributed by atoms with E-state index in [9.17, 15) is 36.6 Å². The van der Waals surface area contributed by atoms with Gasteiger partial charge in [0.1, 0.15) is 11.3 Å². The number of hydrogen-bond acceptors (Lipinski definition) is 5. The van der Waals surface area contributed by atoms with E-state index in [4.69, 9.17) is 11.6 Å².